The van der Waals surface area contributed by atoms with E-state index in [-0.39, 0.29) is 11.9 Å². The normalized spacial score (nSPS) is 18.2. The summed E-state index contributed by atoms with van der Waals surface area (Å²) in [6.45, 7) is 1.78. The van der Waals surface area contributed by atoms with E-state index in [0.717, 1.165) is 35.7 Å². The van der Waals surface area contributed by atoms with E-state index in [4.69, 9.17) is 9.40 Å². The molecule has 1 N–H and O–H groups in total. The molecule has 0 bridgehead atoms. The van der Waals surface area contributed by atoms with Gasteiger partial charge in [-0.2, -0.15) is 0 Å². The van der Waals surface area contributed by atoms with Crippen molar-refractivity contribution in [2.75, 3.05) is 13.1 Å². The van der Waals surface area contributed by atoms with Gasteiger partial charge in [0.25, 0.3) is 0 Å². The zero-order chi connectivity index (χ0) is 16.4. The van der Waals surface area contributed by atoms with Crippen LogP contribution >= 0.6 is 11.3 Å². The number of benzene rings is 1. The minimum absolute atomic E-state index is 0.0272. The summed E-state index contributed by atoms with van der Waals surface area (Å²) in [5, 5.41) is 4.04. The van der Waals surface area contributed by atoms with Crippen molar-refractivity contribution >= 4 is 27.5 Å². The van der Waals surface area contributed by atoms with Gasteiger partial charge in [0.2, 0.25) is 5.91 Å². The second-order valence-corrected chi connectivity index (χ2v) is 7.07. The van der Waals surface area contributed by atoms with Crippen molar-refractivity contribution in [3.05, 3.63) is 53.4 Å². The second kappa shape index (κ2) is 6.75. The Bertz CT molecular complexity index is 795. The quantitative estimate of drug-likeness (QED) is 0.773. The fraction of sp³-hybridized carbons (Fsp3) is 0.333. The van der Waals surface area contributed by atoms with Crippen LogP contribution in [-0.4, -0.2) is 28.9 Å². The largest absolute Gasteiger partial charge is 0.467 e. The van der Waals surface area contributed by atoms with Crippen LogP contribution in [0.15, 0.2) is 47.1 Å². The number of rotatable bonds is 5. The fourth-order valence-corrected chi connectivity index (χ4v) is 4.30. The molecular formula is C18H19N3O2S. The highest BCUT2D eigenvalue weighted by Crippen LogP contribution is 2.36. The molecule has 0 saturated carbocycles. The number of nitrogens with one attached hydrogen (secondary N) is 1. The van der Waals surface area contributed by atoms with Crippen LogP contribution in [0.3, 0.4) is 0 Å². The molecule has 1 amide bonds. The first-order chi connectivity index (χ1) is 11.8. The maximum atomic E-state index is 12.2. The van der Waals surface area contributed by atoms with E-state index in [0.29, 0.717) is 13.1 Å². The number of amides is 1. The number of thiazole rings is 1. The number of nitrogens with zero attached hydrogens (tertiary/aromatic N) is 2. The maximum absolute atomic E-state index is 12.2. The number of para-hydroxylation sites is 1. The minimum Gasteiger partial charge on any atom is -0.467 e. The van der Waals surface area contributed by atoms with Crippen molar-refractivity contribution in [1.82, 2.24) is 15.2 Å². The topological polar surface area (TPSA) is 58.4 Å². The summed E-state index contributed by atoms with van der Waals surface area (Å²) in [6.07, 6.45) is 3.78. The van der Waals surface area contributed by atoms with Gasteiger partial charge in [0.05, 0.1) is 35.6 Å². The second-order valence-electron chi connectivity index (χ2n) is 6.00. The van der Waals surface area contributed by atoms with Gasteiger partial charge in [0.1, 0.15) is 10.8 Å². The molecule has 5 nitrogen and oxygen atoms in total. The molecule has 1 aliphatic rings. The van der Waals surface area contributed by atoms with Crippen molar-refractivity contribution in [2.24, 2.45) is 0 Å². The Labute approximate surface area is 144 Å². The molecule has 6 heteroatoms. The first-order valence-corrected chi connectivity index (χ1v) is 9.00. The number of carbonyl (C=O) groups is 1. The van der Waals surface area contributed by atoms with Crippen LogP contribution in [0.1, 0.15) is 29.7 Å². The molecule has 24 heavy (non-hydrogen) atoms. The van der Waals surface area contributed by atoms with Gasteiger partial charge in [-0.1, -0.05) is 12.1 Å². The Morgan fingerprint density at radius 1 is 1.33 bits per heavy atom. The molecular weight excluding hydrogens is 322 g/mol. The van der Waals surface area contributed by atoms with Gasteiger partial charge in [0, 0.05) is 0 Å². The van der Waals surface area contributed by atoms with Crippen LogP contribution in [0, 0.1) is 0 Å². The Morgan fingerprint density at radius 3 is 3.08 bits per heavy atom. The van der Waals surface area contributed by atoms with Crippen LogP contribution in [0.2, 0.25) is 0 Å². The first-order valence-electron chi connectivity index (χ1n) is 8.18. The number of carbonyl (C=O) groups excluding carboxylic acids is 1. The summed E-state index contributed by atoms with van der Waals surface area (Å²) in [6, 6.07) is 12.1. The lowest BCUT2D eigenvalue weighted by atomic mass is 10.2. The van der Waals surface area contributed by atoms with Crippen molar-refractivity contribution in [3.63, 3.8) is 0 Å². The van der Waals surface area contributed by atoms with E-state index in [1.165, 1.54) is 4.70 Å². The third kappa shape index (κ3) is 3.20. The summed E-state index contributed by atoms with van der Waals surface area (Å²) >= 11 is 1.74. The highest BCUT2D eigenvalue weighted by molar-refractivity contribution is 7.18. The zero-order valence-corrected chi connectivity index (χ0v) is 14.1. The van der Waals surface area contributed by atoms with Crippen molar-refractivity contribution in [3.8, 4) is 0 Å². The van der Waals surface area contributed by atoms with Crippen molar-refractivity contribution < 1.29 is 9.21 Å². The van der Waals surface area contributed by atoms with Gasteiger partial charge in [-0.05, 0) is 43.7 Å². The van der Waals surface area contributed by atoms with Crippen LogP contribution in [-0.2, 0) is 11.3 Å². The van der Waals surface area contributed by atoms with Gasteiger partial charge in [-0.3, -0.25) is 9.69 Å². The molecule has 1 saturated heterocycles. The predicted octanol–water partition coefficient (Wildman–Crippen LogP) is 3.34. The lowest BCUT2D eigenvalue weighted by Gasteiger charge is -2.21. The highest BCUT2D eigenvalue weighted by atomic mass is 32.1. The summed E-state index contributed by atoms with van der Waals surface area (Å²) < 4.78 is 6.45. The predicted molar refractivity (Wildman–Crippen MR) is 93.7 cm³/mol. The Morgan fingerprint density at radius 2 is 2.25 bits per heavy atom. The number of hydrogen-bond acceptors (Lipinski definition) is 5. The van der Waals surface area contributed by atoms with E-state index < -0.39 is 0 Å². The number of fused-ring (bicyclic) bond motifs is 1. The molecule has 0 unspecified atom stereocenters. The van der Waals surface area contributed by atoms with E-state index in [1.807, 2.05) is 30.3 Å². The summed E-state index contributed by atoms with van der Waals surface area (Å²) in [5.74, 6) is 0.798. The monoisotopic (exact) mass is 341 g/mol. The third-order valence-electron chi connectivity index (χ3n) is 4.35. The molecule has 1 fully saturated rings. The molecule has 124 valence electrons. The highest BCUT2D eigenvalue weighted by Gasteiger charge is 2.29. The van der Waals surface area contributed by atoms with Gasteiger partial charge in [-0.25, -0.2) is 4.98 Å². The average Bonchev–Trinajstić information content (AvgIpc) is 3.32. The number of furan rings is 1. The van der Waals surface area contributed by atoms with Gasteiger partial charge in [0.15, 0.2) is 0 Å². The van der Waals surface area contributed by atoms with Gasteiger partial charge in [-0.15, -0.1) is 11.3 Å². The number of hydrogen-bond donors (Lipinski definition) is 1. The first kappa shape index (κ1) is 15.4. The van der Waals surface area contributed by atoms with Crippen LogP contribution in [0.4, 0.5) is 0 Å². The molecule has 0 aliphatic carbocycles. The third-order valence-corrected chi connectivity index (χ3v) is 5.48. The number of likely N-dealkylation sites (tertiary alicyclic amines) is 1. The minimum atomic E-state index is 0.0272. The van der Waals surface area contributed by atoms with Gasteiger partial charge < -0.3 is 9.73 Å². The molecule has 4 rings (SSSR count). The fourth-order valence-electron chi connectivity index (χ4n) is 3.17. The Hall–Kier alpha value is -2.18. The summed E-state index contributed by atoms with van der Waals surface area (Å²) in [4.78, 5) is 19.2. The lowest BCUT2D eigenvalue weighted by molar-refractivity contribution is -0.122. The van der Waals surface area contributed by atoms with E-state index in [9.17, 15) is 4.79 Å². The SMILES string of the molecule is O=C(CN1CCC[C@H]1c1nc2ccccc2s1)NCc1ccco1. The molecule has 2 aromatic heterocycles. The molecule has 3 aromatic rings. The molecule has 1 aliphatic heterocycles. The maximum Gasteiger partial charge on any atom is 0.234 e. The summed E-state index contributed by atoms with van der Waals surface area (Å²) in [5.41, 5.74) is 1.05. The van der Waals surface area contributed by atoms with Crippen LogP contribution in [0.5, 0.6) is 0 Å². The van der Waals surface area contributed by atoms with Crippen molar-refractivity contribution in [1.29, 1.82) is 0 Å². The number of aromatic nitrogens is 1. The Kier molecular flexibility index (Phi) is 4.32. The Balaban J connectivity index is 1.41. The molecule has 0 spiro atoms. The van der Waals surface area contributed by atoms with Gasteiger partial charge >= 0.3 is 0 Å². The average molecular weight is 341 g/mol. The molecule has 1 aromatic carbocycles. The van der Waals surface area contributed by atoms with E-state index >= 15 is 0 Å². The van der Waals surface area contributed by atoms with E-state index in [2.05, 4.69) is 16.3 Å². The smallest absolute Gasteiger partial charge is 0.234 e. The molecule has 3 heterocycles. The summed E-state index contributed by atoms with van der Waals surface area (Å²) in [7, 11) is 0. The van der Waals surface area contributed by atoms with Crippen LogP contribution in [0.25, 0.3) is 10.2 Å². The molecule has 0 radical (unpaired) electrons. The van der Waals surface area contributed by atoms with Crippen LogP contribution < -0.4 is 5.32 Å². The lowest BCUT2D eigenvalue weighted by Crippen LogP contribution is -2.36. The van der Waals surface area contributed by atoms with E-state index in [1.54, 1.807) is 17.6 Å². The zero-order valence-electron chi connectivity index (χ0n) is 13.3. The standard InChI is InChI=1S/C18H19N3O2S/c22-17(19-11-13-5-4-10-23-13)12-21-9-3-7-15(21)18-20-14-6-1-2-8-16(14)24-18/h1-2,4-6,8,10,15H,3,7,9,11-12H2,(H,19,22)/t15-/m0/s1. The molecule has 1 atom stereocenters. The van der Waals surface area contributed by atoms with Crippen molar-refractivity contribution in [2.45, 2.75) is 25.4 Å².